The number of benzene rings is 1. The zero-order valence-electron chi connectivity index (χ0n) is 13.3. The SMILES string of the molecule is CCOC(=O)/C(=C/c1ccc(F)cc1)CC(=O)OC(C)(C)C. The molecule has 0 aromatic heterocycles. The van der Waals surface area contributed by atoms with E-state index < -0.39 is 17.5 Å². The highest BCUT2D eigenvalue weighted by molar-refractivity contribution is 5.98. The first-order valence-corrected chi connectivity index (χ1v) is 7.06. The third-order valence-corrected chi connectivity index (χ3v) is 2.50. The first-order chi connectivity index (χ1) is 10.2. The molecule has 1 aromatic rings. The zero-order chi connectivity index (χ0) is 16.8. The number of carbonyl (C=O) groups excluding carboxylic acids is 2. The van der Waals surface area contributed by atoms with Crippen LogP contribution in [0.2, 0.25) is 0 Å². The fourth-order valence-corrected chi connectivity index (χ4v) is 1.70. The van der Waals surface area contributed by atoms with E-state index in [4.69, 9.17) is 9.47 Å². The molecule has 0 aliphatic rings. The predicted octanol–water partition coefficient (Wildman–Crippen LogP) is 3.50. The van der Waals surface area contributed by atoms with Crippen molar-refractivity contribution in [2.75, 3.05) is 6.61 Å². The third kappa shape index (κ3) is 6.52. The van der Waals surface area contributed by atoms with Gasteiger partial charge in [-0.05, 0) is 51.5 Å². The predicted molar refractivity (Wildman–Crippen MR) is 81.5 cm³/mol. The van der Waals surface area contributed by atoms with Gasteiger partial charge in [0.2, 0.25) is 0 Å². The van der Waals surface area contributed by atoms with Gasteiger partial charge in [0, 0.05) is 5.57 Å². The van der Waals surface area contributed by atoms with Gasteiger partial charge in [-0.3, -0.25) is 4.79 Å². The molecule has 0 bridgehead atoms. The molecule has 0 aliphatic heterocycles. The molecule has 0 atom stereocenters. The van der Waals surface area contributed by atoms with Crippen LogP contribution >= 0.6 is 0 Å². The Balaban J connectivity index is 2.95. The molecule has 0 fully saturated rings. The van der Waals surface area contributed by atoms with Crippen LogP contribution in [0.4, 0.5) is 4.39 Å². The van der Waals surface area contributed by atoms with E-state index in [9.17, 15) is 14.0 Å². The summed E-state index contributed by atoms with van der Waals surface area (Å²) in [6.45, 7) is 7.13. The maximum atomic E-state index is 12.9. The highest BCUT2D eigenvalue weighted by Crippen LogP contribution is 2.16. The molecule has 0 aliphatic carbocycles. The van der Waals surface area contributed by atoms with Crippen molar-refractivity contribution in [3.8, 4) is 0 Å². The van der Waals surface area contributed by atoms with E-state index in [1.165, 1.54) is 30.3 Å². The molecule has 4 nitrogen and oxygen atoms in total. The lowest BCUT2D eigenvalue weighted by Crippen LogP contribution is -2.25. The number of hydrogen-bond donors (Lipinski definition) is 0. The highest BCUT2D eigenvalue weighted by Gasteiger charge is 2.21. The van der Waals surface area contributed by atoms with Gasteiger partial charge in [-0.1, -0.05) is 12.1 Å². The monoisotopic (exact) mass is 308 g/mol. The summed E-state index contributed by atoms with van der Waals surface area (Å²) in [5.41, 5.74) is 0.142. The number of halogens is 1. The number of hydrogen-bond acceptors (Lipinski definition) is 4. The number of rotatable bonds is 5. The standard InChI is InChI=1S/C17H21FO4/c1-5-21-16(20)13(11-15(19)22-17(2,3)4)10-12-6-8-14(18)9-7-12/h6-10H,5,11H2,1-4H3/b13-10+. The molecule has 5 heteroatoms. The quantitative estimate of drug-likeness (QED) is 0.617. The molecule has 0 unspecified atom stereocenters. The Kier molecular flexibility index (Phi) is 6.28. The van der Waals surface area contributed by atoms with Gasteiger partial charge >= 0.3 is 11.9 Å². The van der Waals surface area contributed by atoms with E-state index in [-0.39, 0.29) is 24.4 Å². The minimum absolute atomic E-state index is 0.169. The lowest BCUT2D eigenvalue weighted by molar-refractivity contribution is -0.155. The van der Waals surface area contributed by atoms with Gasteiger partial charge in [0.1, 0.15) is 11.4 Å². The second kappa shape index (κ2) is 7.73. The summed E-state index contributed by atoms with van der Waals surface area (Å²) >= 11 is 0. The molecule has 120 valence electrons. The lowest BCUT2D eigenvalue weighted by atomic mass is 10.1. The Hall–Kier alpha value is -2.17. The van der Waals surface area contributed by atoms with Crippen LogP contribution in [0, 0.1) is 5.82 Å². The van der Waals surface area contributed by atoms with Crippen molar-refractivity contribution in [3.63, 3.8) is 0 Å². The average molecular weight is 308 g/mol. The Morgan fingerprint density at radius 1 is 1.18 bits per heavy atom. The van der Waals surface area contributed by atoms with Gasteiger partial charge in [-0.15, -0.1) is 0 Å². The van der Waals surface area contributed by atoms with E-state index in [1.54, 1.807) is 27.7 Å². The van der Waals surface area contributed by atoms with Crippen LogP contribution in [-0.4, -0.2) is 24.1 Å². The van der Waals surface area contributed by atoms with Crippen LogP contribution in [-0.2, 0) is 19.1 Å². The van der Waals surface area contributed by atoms with Crippen molar-refractivity contribution in [2.24, 2.45) is 0 Å². The Morgan fingerprint density at radius 2 is 1.77 bits per heavy atom. The van der Waals surface area contributed by atoms with Crippen LogP contribution in [0.25, 0.3) is 6.08 Å². The van der Waals surface area contributed by atoms with E-state index in [1.807, 2.05) is 0 Å². The maximum Gasteiger partial charge on any atom is 0.334 e. The van der Waals surface area contributed by atoms with Gasteiger partial charge in [-0.25, -0.2) is 9.18 Å². The number of ether oxygens (including phenoxy) is 2. The fourth-order valence-electron chi connectivity index (χ4n) is 1.70. The maximum absolute atomic E-state index is 12.9. The number of carbonyl (C=O) groups is 2. The zero-order valence-corrected chi connectivity index (χ0v) is 13.3. The van der Waals surface area contributed by atoms with E-state index in [2.05, 4.69) is 0 Å². The molecular formula is C17H21FO4. The normalized spacial score (nSPS) is 12.0. The molecule has 0 heterocycles. The topological polar surface area (TPSA) is 52.6 Å². The van der Waals surface area contributed by atoms with Crippen LogP contribution < -0.4 is 0 Å². The average Bonchev–Trinajstić information content (AvgIpc) is 2.38. The summed E-state index contributed by atoms with van der Waals surface area (Å²) in [6.07, 6.45) is 1.30. The molecule has 0 amide bonds. The van der Waals surface area contributed by atoms with Gasteiger partial charge < -0.3 is 9.47 Å². The van der Waals surface area contributed by atoms with Crippen molar-refractivity contribution in [1.29, 1.82) is 0 Å². The number of esters is 2. The second-order valence-corrected chi connectivity index (χ2v) is 5.70. The van der Waals surface area contributed by atoms with Crippen LogP contribution in [0.15, 0.2) is 29.8 Å². The molecular weight excluding hydrogens is 287 g/mol. The minimum Gasteiger partial charge on any atom is -0.463 e. The third-order valence-electron chi connectivity index (χ3n) is 2.50. The van der Waals surface area contributed by atoms with E-state index in [0.717, 1.165) is 0 Å². The smallest absolute Gasteiger partial charge is 0.334 e. The van der Waals surface area contributed by atoms with Crippen LogP contribution in [0.5, 0.6) is 0 Å². The lowest BCUT2D eigenvalue weighted by Gasteiger charge is -2.19. The largest absolute Gasteiger partial charge is 0.463 e. The van der Waals surface area contributed by atoms with Crippen molar-refractivity contribution in [2.45, 2.75) is 39.7 Å². The van der Waals surface area contributed by atoms with Crippen molar-refractivity contribution in [1.82, 2.24) is 0 Å². The Morgan fingerprint density at radius 3 is 2.27 bits per heavy atom. The summed E-state index contributed by atoms with van der Waals surface area (Å²) in [5, 5.41) is 0. The van der Waals surface area contributed by atoms with Crippen LogP contribution in [0.1, 0.15) is 39.7 Å². The highest BCUT2D eigenvalue weighted by atomic mass is 19.1. The molecule has 0 spiro atoms. The van der Waals surface area contributed by atoms with Gasteiger partial charge in [0.15, 0.2) is 0 Å². The van der Waals surface area contributed by atoms with Crippen molar-refractivity contribution < 1.29 is 23.5 Å². The Labute approximate surface area is 129 Å². The summed E-state index contributed by atoms with van der Waals surface area (Å²) in [5.74, 6) is -1.48. The van der Waals surface area contributed by atoms with Gasteiger partial charge in [-0.2, -0.15) is 0 Å². The molecule has 0 N–H and O–H groups in total. The van der Waals surface area contributed by atoms with Crippen LogP contribution in [0.3, 0.4) is 0 Å². The molecule has 0 saturated heterocycles. The first-order valence-electron chi connectivity index (χ1n) is 7.06. The Bertz CT molecular complexity index is 553. The summed E-state index contributed by atoms with van der Waals surface area (Å²) in [7, 11) is 0. The van der Waals surface area contributed by atoms with E-state index >= 15 is 0 Å². The van der Waals surface area contributed by atoms with Crippen molar-refractivity contribution in [3.05, 3.63) is 41.2 Å². The molecule has 0 saturated carbocycles. The minimum atomic E-state index is -0.632. The van der Waals surface area contributed by atoms with Crippen molar-refractivity contribution >= 4 is 18.0 Å². The molecule has 1 aromatic carbocycles. The van der Waals surface area contributed by atoms with Gasteiger partial charge in [0.05, 0.1) is 13.0 Å². The molecule has 1 rings (SSSR count). The summed E-state index contributed by atoms with van der Waals surface area (Å²) in [4.78, 5) is 23.8. The summed E-state index contributed by atoms with van der Waals surface area (Å²) < 4.78 is 23.1. The second-order valence-electron chi connectivity index (χ2n) is 5.70. The molecule has 0 radical (unpaired) electrons. The first kappa shape index (κ1) is 17.9. The van der Waals surface area contributed by atoms with E-state index in [0.29, 0.717) is 5.56 Å². The summed E-state index contributed by atoms with van der Waals surface area (Å²) in [6, 6.07) is 5.59. The van der Waals surface area contributed by atoms with Gasteiger partial charge in [0.25, 0.3) is 0 Å². The fraction of sp³-hybridized carbons (Fsp3) is 0.412. The molecule has 22 heavy (non-hydrogen) atoms.